The van der Waals surface area contributed by atoms with Gasteiger partial charge in [-0.15, -0.1) is 13.2 Å². The molecule has 2 aromatic heterocycles. The van der Waals surface area contributed by atoms with Crippen molar-refractivity contribution < 1.29 is 27.4 Å². The number of nitrogens with one attached hydrogen (secondary N) is 1. The zero-order chi connectivity index (χ0) is 24.6. The molecule has 0 saturated carbocycles. The standard InChI is InChI=1S/C24H25F3N4O4/c25-24(26,27)35-19-3-1-16(2-4-19)22(32)30-9-5-18(6-10-30)31-20-13-17(15-7-11-34-12-8-15)14-28-21(20)29-23(31)33/h1-4,13-15,18H,5-12H2,(H,28,29,33). The minimum atomic E-state index is -4.78. The Bertz CT molecular complexity index is 1250. The predicted octanol–water partition coefficient (Wildman–Crippen LogP) is 3.99. The summed E-state index contributed by atoms with van der Waals surface area (Å²) >= 11 is 0. The van der Waals surface area contributed by atoms with Crippen LogP contribution in [0.5, 0.6) is 5.75 Å². The molecular weight excluding hydrogens is 465 g/mol. The van der Waals surface area contributed by atoms with E-state index in [0.29, 0.717) is 50.7 Å². The molecule has 1 N–H and O–H groups in total. The molecule has 4 heterocycles. The van der Waals surface area contributed by atoms with Crippen LogP contribution in [-0.4, -0.2) is 58.0 Å². The molecule has 5 rings (SSSR count). The number of rotatable bonds is 4. The van der Waals surface area contributed by atoms with Crippen LogP contribution >= 0.6 is 0 Å². The highest BCUT2D eigenvalue weighted by Gasteiger charge is 2.31. The first-order chi connectivity index (χ1) is 16.8. The van der Waals surface area contributed by atoms with E-state index >= 15 is 0 Å². The Morgan fingerprint density at radius 1 is 1.09 bits per heavy atom. The largest absolute Gasteiger partial charge is 0.573 e. The van der Waals surface area contributed by atoms with Crippen LogP contribution in [-0.2, 0) is 4.74 Å². The number of nitrogens with zero attached hydrogens (tertiary/aromatic N) is 3. The van der Waals surface area contributed by atoms with Gasteiger partial charge in [-0.3, -0.25) is 14.3 Å². The van der Waals surface area contributed by atoms with E-state index in [2.05, 4.69) is 14.7 Å². The van der Waals surface area contributed by atoms with Gasteiger partial charge in [0.2, 0.25) is 0 Å². The quantitative estimate of drug-likeness (QED) is 0.597. The van der Waals surface area contributed by atoms with E-state index in [0.717, 1.165) is 36.1 Å². The second kappa shape index (κ2) is 9.37. The number of H-pyrrole nitrogens is 1. The SMILES string of the molecule is O=C(c1ccc(OC(F)(F)F)cc1)N1CCC(n2c(=O)[nH]c3ncc(C4CCOCC4)cc32)CC1. The summed E-state index contributed by atoms with van der Waals surface area (Å²) in [5.74, 6) is -0.288. The smallest absolute Gasteiger partial charge is 0.406 e. The van der Waals surface area contributed by atoms with Crippen LogP contribution in [0.25, 0.3) is 11.2 Å². The molecule has 1 aromatic carbocycles. The van der Waals surface area contributed by atoms with Gasteiger partial charge in [0.05, 0.1) is 5.52 Å². The minimum Gasteiger partial charge on any atom is -0.406 e. The first-order valence-electron chi connectivity index (χ1n) is 11.6. The highest BCUT2D eigenvalue weighted by atomic mass is 19.4. The average molecular weight is 490 g/mol. The molecule has 186 valence electrons. The number of benzene rings is 1. The number of piperidine rings is 1. The van der Waals surface area contributed by atoms with Crippen molar-refractivity contribution in [2.24, 2.45) is 0 Å². The van der Waals surface area contributed by atoms with Gasteiger partial charge >= 0.3 is 12.1 Å². The normalized spacial score (nSPS) is 18.2. The van der Waals surface area contributed by atoms with Crippen LogP contribution in [0.4, 0.5) is 13.2 Å². The highest BCUT2D eigenvalue weighted by Crippen LogP contribution is 2.30. The maximum atomic E-state index is 12.9. The van der Waals surface area contributed by atoms with Gasteiger partial charge in [-0.2, -0.15) is 0 Å². The summed E-state index contributed by atoms with van der Waals surface area (Å²) in [6.45, 7) is 2.29. The predicted molar refractivity (Wildman–Crippen MR) is 120 cm³/mol. The van der Waals surface area contributed by atoms with Gasteiger partial charge in [0.15, 0.2) is 5.65 Å². The molecule has 2 aliphatic rings. The van der Waals surface area contributed by atoms with E-state index in [-0.39, 0.29) is 29.0 Å². The third kappa shape index (κ3) is 5.04. The number of pyridine rings is 1. The molecule has 0 radical (unpaired) electrons. The van der Waals surface area contributed by atoms with Gasteiger partial charge in [-0.25, -0.2) is 9.78 Å². The maximum Gasteiger partial charge on any atom is 0.573 e. The minimum absolute atomic E-state index is 0.0883. The van der Waals surface area contributed by atoms with Gasteiger partial charge < -0.3 is 14.4 Å². The van der Waals surface area contributed by atoms with E-state index in [1.807, 2.05) is 12.3 Å². The van der Waals surface area contributed by atoms with Crippen LogP contribution in [0.15, 0.2) is 41.3 Å². The zero-order valence-electron chi connectivity index (χ0n) is 18.9. The number of fused-ring (bicyclic) bond motifs is 1. The van der Waals surface area contributed by atoms with Gasteiger partial charge in [0, 0.05) is 44.1 Å². The summed E-state index contributed by atoms with van der Waals surface area (Å²) < 4.78 is 48.1. The number of ether oxygens (including phenoxy) is 2. The summed E-state index contributed by atoms with van der Waals surface area (Å²) in [4.78, 5) is 34.6. The molecule has 2 fully saturated rings. The number of halogens is 3. The fraction of sp³-hybridized carbons (Fsp3) is 0.458. The summed E-state index contributed by atoms with van der Waals surface area (Å²) in [7, 11) is 0. The monoisotopic (exact) mass is 490 g/mol. The van der Waals surface area contributed by atoms with Crippen molar-refractivity contribution in [1.29, 1.82) is 0 Å². The lowest BCUT2D eigenvalue weighted by Crippen LogP contribution is -2.40. The van der Waals surface area contributed by atoms with Crippen molar-refractivity contribution in [2.45, 2.75) is 44.0 Å². The molecule has 2 saturated heterocycles. The second-order valence-electron chi connectivity index (χ2n) is 8.92. The zero-order valence-corrected chi connectivity index (χ0v) is 18.9. The van der Waals surface area contributed by atoms with E-state index in [1.165, 1.54) is 12.1 Å². The fourth-order valence-electron chi connectivity index (χ4n) is 4.95. The molecule has 3 aromatic rings. The highest BCUT2D eigenvalue weighted by molar-refractivity contribution is 5.94. The molecule has 2 aliphatic heterocycles. The number of amides is 1. The van der Waals surface area contributed by atoms with Crippen LogP contribution in [0.1, 0.15) is 53.6 Å². The summed E-state index contributed by atoms with van der Waals surface area (Å²) in [5.41, 5.74) is 2.47. The van der Waals surface area contributed by atoms with Crippen LogP contribution in [0.3, 0.4) is 0 Å². The molecule has 0 bridgehead atoms. The average Bonchev–Trinajstić information content (AvgIpc) is 3.18. The molecule has 11 heteroatoms. The van der Waals surface area contributed by atoms with Crippen molar-refractivity contribution >= 4 is 17.1 Å². The molecule has 35 heavy (non-hydrogen) atoms. The Balaban J connectivity index is 1.28. The third-order valence-electron chi connectivity index (χ3n) is 6.74. The van der Waals surface area contributed by atoms with Gasteiger partial charge in [-0.1, -0.05) is 0 Å². The van der Waals surface area contributed by atoms with E-state index in [1.54, 1.807) is 9.47 Å². The van der Waals surface area contributed by atoms with E-state index in [4.69, 9.17) is 4.74 Å². The first-order valence-corrected chi connectivity index (χ1v) is 11.6. The molecule has 1 amide bonds. The maximum absolute atomic E-state index is 12.9. The lowest BCUT2D eigenvalue weighted by atomic mass is 9.93. The summed E-state index contributed by atoms with van der Waals surface area (Å²) in [6, 6.07) is 6.85. The number of likely N-dealkylation sites (tertiary alicyclic amines) is 1. The number of hydrogen-bond donors (Lipinski definition) is 1. The number of aromatic nitrogens is 3. The van der Waals surface area contributed by atoms with Gasteiger partial charge in [0.1, 0.15) is 5.75 Å². The van der Waals surface area contributed by atoms with Crippen molar-refractivity contribution in [3.63, 3.8) is 0 Å². The van der Waals surface area contributed by atoms with Gasteiger partial charge in [0.25, 0.3) is 5.91 Å². The molecule has 0 atom stereocenters. The number of carbonyl (C=O) groups is 1. The van der Waals surface area contributed by atoms with Crippen molar-refractivity contribution in [2.75, 3.05) is 26.3 Å². The van der Waals surface area contributed by atoms with Crippen molar-refractivity contribution in [3.8, 4) is 5.75 Å². The fourth-order valence-corrected chi connectivity index (χ4v) is 4.95. The number of carbonyl (C=O) groups excluding carboxylic acids is 1. The van der Waals surface area contributed by atoms with Gasteiger partial charge in [-0.05, 0) is 67.5 Å². The number of imidazole rings is 1. The van der Waals surface area contributed by atoms with Crippen LogP contribution in [0.2, 0.25) is 0 Å². The summed E-state index contributed by atoms with van der Waals surface area (Å²) in [5, 5.41) is 0. The van der Waals surface area contributed by atoms with Crippen LogP contribution < -0.4 is 10.4 Å². The summed E-state index contributed by atoms with van der Waals surface area (Å²) in [6.07, 6.45) is 0.0436. The van der Waals surface area contributed by atoms with E-state index in [9.17, 15) is 22.8 Å². The molecular formula is C24H25F3N4O4. The Kier molecular flexibility index (Phi) is 6.26. The second-order valence-corrected chi connectivity index (χ2v) is 8.92. The first kappa shape index (κ1) is 23.4. The number of alkyl halides is 3. The van der Waals surface area contributed by atoms with E-state index < -0.39 is 6.36 Å². The molecule has 0 spiro atoms. The van der Waals surface area contributed by atoms with Crippen molar-refractivity contribution in [1.82, 2.24) is 19.4 Å². The molecule has 0 aliphatic carbocycles. The van der Waals surface area contributed by atoms with Crippen molar-refractivity contribution in [3.05, 3.63) is 58.1 Å². The van der Waals surface area contributed by atoms with Crippen LogP contribution in [0, 0.1) is 0 Å². The lowest BCUT2D eigenvalue weighted by Gasteiger charge is -2.32. The third-order valence-corrected chi connectivity index (χ3v) is 6.74. The Hall–Kier alpha value is -3.34. The molecule has 8 nitrogen and oxygen atoms in total. The Morgan fingerprint density at radius 2 is 1.77 bits per heavy atom. The lowest BCUT2D eigenvalue weighted by molar-refractivity contribution is -0.274. The topological polar surface area (TPSA) is 89.5 Å². The Morgan fingerprint density at radius 3 is 2.43 bits per heavy atom. The Labute approximate surface area is 198 Å². The number of aromatic amines is 1. The number of hydrogen-bond acceptors (Lipinski definition) is 5. The molecule has 0 unspecified atom stereocenters.